The van der Waals surface area contributed by atoms with E-state index in [9.17, 15) is 4.79 Å². The second kappa shape index (κ2) is 7.67. The Balaban J connectivity index is 1.37. The quantitative estimate of drug-likeness (QED) is 0.836. The first-order valence-electron chi connectivity index (χ1n) is 9.21. The van der Waals surface area contributed by atoms with E-state index in [0.717, 1.165) is 42.7 Å². The number of pyridine rings is 1. The van der Waals surface area contributed by atoms with Gasteiger partial charge in [0, 0.05) is 30.4 Å². The SMILES string of the molecule is O=C(c1cc2c(s1)CCCC2)N1CCCC(OCc2cccnc2)C1. The predicted molar refractivity (Wildman–Crippen MR) is 98.9 cm³/mol. The summed E-state index contributed by atoms with van der Waals surface area (Å²) in [6, 6.07) is 6.09. The van der Waals surface area contributed by atoms with Crippen molar-refractivity contribution in [3.63, 3.8) is 0 Å². The fourth-order valence-electron chi connectivity index (χ4n) is 3.71. The molecule has 0 bridgehead atoms. The monoisotopic (exact) mass is 356 g/mol. The van der Waals surface area contributed by atoms with Crippen LogP contribution in [0.1, 0.15) is 51.4 Å². The van der Waals surface area contributed by atoms with Crippen molar-refractivity contribution >= 4 is 17.2 Å². The molecule has 3 heterocycles. The zero-order chi connectivity index (χ0) is 17.1. The summed E-state index contributed by atoms with van der Waals surface area (Å²) in [6.07, 6.45) is 10.5. The lowest BCUT2D eigenvalue weighted by atomic mass is 9.99. The highest BCUT2D eigenvalue weighted by atomic mass is 32.1. The highest BCUT2D eigenvalue weighted by Gasteiger charge is 2.27. The van der Waals surface area contributed by atoms with Crippen molar-refractivity contribution in [3.8, 4) is 0 Å². The molecular formula is C20H24N2O2S. The Morgan fingerprint density at radius 1 is 1.32 bits per heavy atom. The van der Waals surface area contributed by atoms with Crippen LogP contribution in [-0.2, 0) is 24.2 Å². The summed E-state index contributed by atoms with van der Waals surface area (Å²) < 4.78 is 6.04. The maximum atomic E-state index is 12.9. The van der Waals surface area contributed by atoms with Crippen LogP contribution < -0.4 is 0 Å². The minimum absolute atomic E-state index is 0.118. The van der Waals surface area contributed by atoms with Gasteiger partial charge in [0.2, 0.25) is 0 Å². The molecule has 25 heavy (non-hydrogen) atoms. The second-order valence-corrected chi connectivity index (χ2v) is 8.09. The average Bonchev–Trinajstić information content (AvgIpc) is 3.11. The highest BCUT2D eigenvalue weighted by molar-refractivity contribution is 7.14. The van der Waals surface area contributed by atoms with Crippen LogP contribution in [0.2, 0.25) is 0 Å². The molecular weight excluding hydrogens is 332 g/mol. The van der Waals surface area contributed by atoms with Crippen molar-refractivity contribution in [2.24, 2.45) is 0 Å². The van der Waals surface area contributed by atoms with Gasteiger partial charge in [-0.25, -0.2) is 0 Å². The van der Waals surface area contributed by atoms with E-state index < -0.39 is 0 Å². The maximum Gasteiger partial charge on any atom is 0.264 e. The summed E-state index contributed by atoms with van der Waals surface area (Å²) in [7, 11) is 0. The van der Waals surface area contributed by atoms with Gasteiger partial charge in [-0.05, 0) is 61.8 Å². The molecule has 1 aliphatic heterocycles. The number of carbonyl (C=O) groups is 1. The van der Waals surface area contributed by atoms with Crippen molar-refractivity contribution in [3.05, 3.63) is 51.5 Å². The largest absolute Gasteiger partial charge is 0.372 e. The van der Waals surface area contributed by atoms with Gasteiger partial charge in [0.25, 0.3) is 5.91 Å². The van der Waals surface area contributed by atoms with E-state index in [0.29, 0.717) is 13.2 Å². The molecule has 2 aromatic rings. The van der Waals surface area contributed by atoms with E-state index in [1.165, 1.54) is 23.3 Å². The van der Waals surface area contributed by atoms with E-state index in [2.05, 4.69) is 11.1 Å². The first-order valence-corrected chi connectivity index (χ1v) is 10.0. The molecule has 2 aliphatic rings. The Bertz CT molecular complexity index is 705. The topological polar surface area (TPSA) is 42.4 Å². The summed E-state index contributed by atoms with van der Waals surface area (Å²) >= 11 is 1.71. The van der Waals surface area contributed by atoms with E-state index in [4.69, 9.17) is 4.74 Å². The summed E-state index contributed by atoms with van der Waals surface area (Å²) in [5.74, 6) is 0.189. The minimum Gasteiger partial charge on any atom is -0.372 e. The van der Waals surface area contributed by atoms with E-state index in [1.807, 2.05) is 23.2 Å². The third-order valence-electron chi connectivity index (χ3n) is 5.08. The van der Waals surface area contributed by atoms with E-state index in [1.54, 1.807) is 17.5 Å². The highest BCUT2D eigenvalue weighted by Crippen LogP contribution is 2.31. The van der Waals surface area contributed by atoms with Gasteiger partial charge in [0.1, 0.15) is 0 Å². The van der Waals surface area contributed by atoms with Crippen molar-refractivity contribution in [1.29, 1.82) is 0 Å². The molecule has 1 aliphatic carbocycles. The number of aryl methyl sites for hydroxylation is 2. The van der Waals surface area contributed by atoms with Gasteiger partial charge in [0.05, 0.1) is 17.6 Å². The first kappa shape index (κ1) is 16.7. The number of fused-ring (bicyclic) bond motifs is 1. The van der Waals surface area contributed by atoms with E-state index in [-0.39, 0.29) is 12.0 Å². The number of piperidine rings is 1. The second-order valence-electron chi connectivity index (χ2n) is 6.95. The van der Waals surface area contributed by atoms with Crippen LogP contribution >= 0.6 is 11.3 Å². The van der Waals surface area contributed by atoms with Gasteiger partial charge >= 0.3 is 0 Å². The third-order valence-corrected chi connectivity index (χ3v) is 6.31. The molecule has 0 saturated carbocycles. The molecule has 5 heteroatoms. The Hall–Kier alpha value is -1.72. The fraction of sp³-hybridized carbons (Fsp3) is 0.500. The Labute approximate surface area is 152 Å². The molecule has 0 N–H and O–H groups in total. The van der Waals surface area contributed by atoms with Gasteiger partial charge < -0.3 is 9.64 Å². The summed E-state index contributed by atoms with van der Waals surface area (Å²) in [5.41, 5.74) is 2.48. The molecule has 2 aromatic heterocycles. The van der Waals surface area contributed by atoms with Gasteiger partial charge in [-0.3, -0.25) is 9.78 Å². The molecule has 1 fully saturated rings. The van der Waals surface area contributed by atoms with Gasteiger partial charge in [-0.15, -0.1) is 11.3 Å². The number of hydrogen-bond donors (Lipinski definition) is 0. The summed E-state index contributed by atoms with van der Waals surface area (Å²) in [4.78, 5) is 21.4. The van der Waals surface area contributed by atoms with Crippen LogP contribution in [-0.4, -0.2) is 35.0 Å². The van der Waals surface area contributed by atoms with Crippen molar-refractivity contribution in [2.75, 3.05) is 13.1 Å². The number of thiophene rings is 1. The molecule has 0 aromatic carbocycles. The summed E-state index contributed by atoms with van der Waals surface area (Å²) in [6.45, 7) is 2.10. The maximum absolute atomic E-state index is 12.9. The van der Waals surface area contributed by atoms with Crippen molar-refractivity contribution < 1.29 is 9.53 Å². The Morgan fingerprint density at radius 3 is 3.08 bits per heavy atom. The third kappa shape index (κ3) is 3.93. The number of carbonyl (C=O) groups excluding carboxylic acids is 1. The molecule has 1 saturated heterocycles. The van der Waals surface area contributed by atoms with E-state index >= 15 is 0 Å². The zero-order valence-corrected chi connectivity index (χ0v) is 15.3. The van der Waals surface area contributed by atoms with Gasteiger partial charge in [0.15, 0.2) is 0 Å². The molecule has 1 amide bonds. The number of rotatable bonds is 4. The normalized spacial score (nSPS) is 20.3. The molecule has 0 spiro atoms. The Morgan fingerprint density at radius 2 is 2.24 bits per heavy atom. The summed E-state index contributed by atoms with van der Waals surface area (Å²) in [5, 5.41) is 0. The molecule has 1 unspecified atom stereocenters. The number of hydrogen-bond acceptors (Lipinski definition) is 4. The van der Waals surface area contributed by atoms with Crippen molar-refractivity contribution in [2.45, 2.75) is 51.2 Å². The minimum atomic E-state index is 0.118. The van der Waals surface area contributed by atoms with Crippen LogP contribution in [0.5, 0.6) is 0 Å². The standard InChI is InChI=1S/C20H24N2O2S/c23-20(19-11-16-6-1-2-8-18(16)25-19)22-10-4-7-17(13-22)24-14-15-5-3-9-21-12-15/h3,5,9,11-12,17H,1-2,4,6-8,10,13-14H2. The lowest BCUT2D eigenvalue weighted by Gasteiger charge is -2.32. The first-order chi connectivity index (χ1) is 12.3. The van der Waals surface area contributed by atoms with Gasteiger partial charge in [-0.1, -0.05) is 6.07 Å². The number of amides is 1. The van der Waals surface area contributed by atoms with Gasteiger partial charge in [-0.2, -0.15) is 0 Å². The number of nitrogens with zero attached hydrogens (tertiary/aromatic N) is 2. The molecule has 4 nitrogen and oxygen atoms in total. The van der Waals surface area contributed by atoms with Crippen LogP contribution in [0.4, 0.5) is 0 Å². The predicted octanol–water partition coefficient (Wildman–Crippen LogP) is 3.84. The van der Waals surface area contributed by atoms with Crippen molar-refractivity contribution in [1.82, 2.24) is 9.88 Å². The number of aromatic nitrogens is 1. The smallest absolute Gasteiger partial charge is 0.264 e. The number of likely N-dealkylation sites (tertiary alicyclic amines) is 1. The molecule has 0 radical (unpaired) electrons. The fourth-order valence-corrected chi connectivity index (χ4v) is 4.93. The van der Waals surface area contributed by atoms with Crippen LogP contribution in [0.15, 0.2) is 30.6 Å². The zero-order valence-electron chi connectivity index (χ0n) is 14.4. The molecule has 4 rings (SSSR count). The molecule has 132 valence electrons. The lowest BCUT2D eigenvalue weighted by Crippen LogP contribution is -2.43. The van der Waals surface area contributed by atoms with Crippen LogP contribution in [0.25, 0.3) is 0 Å². The number of ether oxygens (including phenoxy) is 1. The Kier molecular flexibility index (Phi) is 5.13. The molecule has 1 atom stereocenters. The van der Waals surface area contributed by atoms with Crippen LogP contribution in [0.3, 0.4) is 0 Å². The lowest BCUT2D eigenvalue weighted by molar-refractivity contribution is -0.00667. The average molecular weight is 356 g/mol. The van der Waals surface area contributed by atoms with Crippen LogP contribution in [0, 0.1) is 0 Å².